The minimum Gasteiger partial charge on any atom is -0.323 e. The molecule has 7 heteroatoms. The number of nitrogens with zero attached hydrogens (tertiary/aromatic N) is 2. The molecule has 2 aromatic carbocycles. The van der Waals surface area contributed by atoms with Gasteiger partial charge in [0, 0.05) is 12.0 Å². The van der Waals surface area contributed by atoms with Crippen LogP contribution in [0.25, 0.3) is 5.69 Å². The van der Waals surface area contributed by atoms with E-state index in [4.69, 9.17) is 11.6 Å². The van der Waals surface area contributed by atoms with Gasteiger partial charge in [0.25, 0.3) is 0 Å². The highest BCUT2D eigenvalue weighted by Gasteiger charge is 2.54. The van der Waals surface area contributed by atoms with Gasteiger partial charge in [-0.2, -0.15) is 5.10 Å². The first-order valence-electron chi connectivity index (χ1n) is 8.57. The van der Waals surface area contributed by atoms with Crippen molar-refractivity contribution in [3.05, 3.63) is 70.4 Å². The minimum absolute atomic E-state index is 0.0125. The van der Waals surface area contributed by atoms with Gasteiger partial charge in [-0.25, -0.2) is 4.68 Å². The summed E-state index contributed by atoms with van der Waals surface area (Å²) in [5.74, 6) is 0.0235. The lowest BCUT2D eigenvalue weighted by Gasteiger charge is -2.31. The predicted octanol–water partition coefficient (Wildman–Crippen LogP) is 3.41. The average Bonchev–Trinajstić information content (AvgIpc) is 3.17. The fourth-order valence-corrected chi connectivity index (χ4v) is 4.29. The summed E-state index contributed by atoms with van der Waals surface area (Å²) in [5, 5.41) is 10.7. The molecule has 6 nitrogen and oxygen atoms in total. The van der Waals surface area contributed by atoms with E-state index in [2.05, 4.69) is 15.7 Å². The summed E-state index contributed by atoms with van der Waals surface area (Å²) in [6, 6.07) is 13.1. The molecule has 0 unspecified atom stereocenters. The second kappa shape index (κ2) is 5.44. The van der Waals surface area contributed by atoms with Gasteiger partial charge in [0.05, 0.1) is 22.6 Å². The molecule has 3 aromatic rings. The van der Waals surface area contributed by atoms with Crippen molar-refractivity contribution in [3.8, 4) is 5.69 Å². The molecule has 2 N–H and O–H groups in total. The topological polar surface area (TPSA) is 76.0 Å². The number of hydrogen-bond acceptors (Lipinski definition) is 3. The van der Waals surface area contributed by atoms with E-state index in [-0.39, 0.29) is 18.2 Å². The van der Waals surface area contributed by atoms with Crippen molar-refractivity contribution in [2.75, 3.05) is 10.6 Å². The summed E-state index contributed by atoms with van der Waals surface area (Å²) in [5.41, 5.74) is 2.67. The number of para-hydroxylation sites is 2. The number of fused-ring (bicyclic) bond motifs is 4. The Balaban J connectivity index is 1.79. The van der Waals surface area contributed by atoms with E-state index >= 15 is 0 Å². The zero-order valence-electron chi connectivity index (χ0n) is 14.4. The average molecular weight is 379 g/mol. The third kappa shape index (κ3) is 2.04. The number of aromatic nitrogens is 2. The van der Waals surface area contributed by atoms with Gasteiger partial charge in [-0.3, -0.25) is 9.59 Å². The number of carbonyl (C=O) groups excluding carboxylic acids is 2. The Hall–Kier alpha value is -3.12. The van der Waals surface area contributed by atoms with E-state index in [1.54, 1.807) is 23.0 Å². The zero-order chi connectivity index (χ0) is 18.8. The van der Waals surface area contributed by atoms with Crippen LogP contribution in [0.1, 0.15) is 23.1 Å². The second-order valence-corrected chi connectivity index (χ2v) is 7.26. The molecule has 0 bridgehead atoms. The molecule has 1 atom stereocenters. The number of amides is 2. The molecule has 134 valence electrons. The van der Waals surface area contributed by atoms with Gasteiger partial charge in [0.1, 0.15) is 11.2 Å². The number of nitrogens with one attached hydrogen (secondary N) is 2. The van der Waals surface area contributed by atoms with Crippen LogP contribution in [-0.2, 0) is 15.0 Å². The van der Waals surface area contributed by atoms with Crippen molar-refractivity contribution >= 4 is 34.9 Å². The van der Waals surface area contributed by atoms with Crippen molar-refractivity contribution < 1.29 is 9.59 Å². The summed E-state index contributed by atoms with van der Waals surface area (Å²) >= 11 is 6.29. The van der Waals surface area contributed by atoms with Gasteiger partial charge in [-0.1, -0.05) is 41.9 Å². The van der Waals surface area contributed by atoms with Gasteiger partial charge in [-0.15, -0.1) is 0 Å². The summed E-state index contributed by atoms with van der Waals surface area (Å²) in [7, 11) is 0. The van der Waals surface area contributed by atoms with Crippen molar-refractivity contribution in [1.29, 1.82) is 0 Å². The van der Waals surface area contributed by atoms with Gasteiger partial charge >= 0.3 is 0 Å². The van der Waals surface area contributed by atoms with E-state index in [0.717, 1.165) is 11.3 Å². The first-order valence-corrected chi connectivity index (χ1v) is 8.95. The molecule has 0 fully saturated rings. The first-order chi connectivity index (χ1) is 13.0. The molecule has 0 radical (unpaired) electrons. The molecule has 2 amide bonds. The quantitative estimate of drug-likeness (QED) is 0.681. The van der Waals surface area contributed by atoms with Gasteiger partial charge in [-0.05, 0) is 30.2 Å². The van der Waals surface area contributed by atoms with E-state index in [9.17, 15) is 9.59 Å². The van der Waals surface area contributed by atoms with E-state index in [1.165, 1.54) is 0 Å². The predicted molar refractivity (Wildman–Crippen MR) is 102 cm³/mol. The number of aryl methyl sites for hydroxylation is 1. The maximum atomic E-state index is 13.1. The van der Waals surface area contributed by atoms with E-state index in [0.29, 0.717) is 27.7 Å². The maximum Gasteiger partial charge on any atom is 0.240 e. The number of hydrogen-bond donors (Lipinski definition) is 2. The minimum atomic E-state index is -1.13. The van der Waals surface area contributed by atoms with Crippen LogP contribution in [0, 0.1) is 6.92 Å². The number of rotatable bonds is 1. The highest BCUT2D eigenvalue weighted by molar-refractivity contribution is 6.35. The molecular formula is C20H15ClN4O2. The molecule has 3 heterocycles. The smallest absolute Gasteiger partial charge is 0.240 e. The molecule has 0 saturated heterocycles. The monoisotopic (exact) mass is 378 g/mol. The summed E-state index contributed by atoms with van der Waals surface area (Å²) < 4.78 is 1.68. The number of anilines is 2. The van der Waals surface area contributed by atoms with Crippen molar-refractivity contribution in [1.82, 2.24) is 9.78 Å². The third-order valence-electron chi connectivity index (χ3n) is 5.36. The normalized spacial score (nSPS) is 20.2. The van der Waals surface area contributed by atoms with Crippen LogP contribution in [0.3, 0.4) is 0 Å². The molecule has 27 heavy (non-hydrogen) atoms. The standard InChI is InChI=1S/C20H15ClN4O2/c1-11-5-2-3-8-15(11)25-18-13(10-22-25)20(9-16(26)23-18)12-6-4-7-14(21)17(12)24-19(20)27/h2-8,10H,9H2,1H3,(H,23,26)(H,24,27)/t20-/m1/s1. The Morgan fingerprint density at radius 1 is 1.07 bits per heavy atom. The van der Waals surface area contributed by atoms with Gasteiger partial charge < -0.3 is 10.6 Å². The number of halogens is 1. The second-order valence-electron chi connectivity index (χ2n) is 6.85. The Kier molecular flexibility index (Phi) is 3.24. The lowest BCUT2D eigenvalue weighted by Crippen LogP contribution is -2.43. The molecule has 2 aliphatic rings. The first kappa shape index (κ1) is 16.1. The van der Waals surface area contributed by atoms with Crippen LogP contribution >= 0.6 is 11.6 Å². The lowest BCUT2D eigenvalue weighted by atomic mass is 9.72. The van der Waals surface area contributed by atoms with Crippen LogP contribution in [0.4, 0.5) is 11.5 Å². The van der Waals surface area contributed by atoms with Gasteiger partial charge in [0.2, 0.25) is 11.8 Å². The Bertz CT molecular complexity index is 1140. The van der Waals surface area contributed by atoms with Crippen molar-refractivity contribution in [2.24, 2.45) is 0 Å². The van der Waals surface area contributed by atoms with E-state index < -0.39 is 5.41 Å². The van der Waals surface area contributed by atoms with Crippen LogP contribution in [-0.4, -0.2) is 21.6 Å². The summed E-state index contributed by atoms with van der Waals surface area (Å²) in [6.45, 7) is 1.97. The van der Waals surface area contributed by atoms with E-state index in [1.807, 2.05) is 37.3 Å². The SMILES string of the molecule is Cc1ccccc1-n1ncc2c1NC(=O)C[C@]21C(=O)Nc2c(Cl)cccc21. The van der Waals surface area contributed by atoms with Crippen molar-refractivity contribution in [3.63, 3.8) is 0 Å². The highest BCUT2D eigenvalue weighted by atomic mass is 35.5. The third-order valence-corrected chi connectivity index (χ3v) is 5.67. The lowest BCUT2D eigenvalue weighted by molar-refractivity contribution is -0.125. The largest absolute Gasteiger partial charge is 0.323 e. The molecular weight excluding hydrogens is 364 g/mol. The highest BCUT2D eigenvalue weighted by Crippen LogP contribution is 2.51. The molecule has 5 rings (SSSR count). The molecule has 1 spiro atoms. The summed E-state index contributed by atoms with van der Waals surface area (Å²) in [4.78, 5) is 25.7. The van der Waals surface area contributed by atoms with Crippen LogP contribution in [0.5, 0.6) is 0 Å². The Labute approximate surface area is 160 Å². The fraction of sp³-hybridized carbons (Fsp3) is 0.150. The van der Waals surface area contributed by atoms with Crippen LogP contribution in [0.2, 0.25) is 5.02 Å². The number of benzene rings is 2. The van der Waals surface area contributed by atoms with Crippen LogP contribution in [0.15, 0.2) is 48.7 Å². The fourth-order valence-electron chi connectivity index (χ4n) is 4.07. The Morgan fingerprint density at radius 2 is 1.89 bits per heavy atom. The number of carbonyl (C=O) groups is 2. The van der Waals surface area contributed by atoms with Crippen LogP contribution < -0.4 is 10.6 Å². The van der Waals surface area contributed by atoms with Gasteiger partial charge in [0.15, 0.2) is 0 Å². The van der Waals surface area contributed by atoms with Crippen molar-refractivity contribution in [2.45, 2.75) is 18.8 Å². The molecule has 0 aliphatic carbocycles. The maximum absolute atomic E-state index is 13.1. The summed E-state index contributed by atoms with van der Waals surface area (Å²) in [6.07, 6.45) is 1.68. The molecule has 2 aliphatic heterocycles. The zero-order valence-corrected chi connectivity index (χ0v) is 15.2. The Morgan fingerprint density at radius 3 is 2.70 bits per heavy atom. The molecule has 1 aromatic heterocycles. The molecule has 0 saturated carbocycles.